The number of ether oxygens (including phenoxy) is 4. The highest BCUT2D eigenvalue weighted by molar-refractivity contribution is 5.90. The van der Waals surface area contributed by atoms with Crippen molar-refractivity contribution in [3.05, 3.63) is 23.8 Å². The van der Waals surface area contributed by atoms with Gasteiger partial charge in [-0.2, -0.15) is 0 Å². The lowest BCUT2D eigenvalue weighted by Crippen LogP contribution is -2.32. The van der Waals surface area contributed by atoms with Crippen molar-refractivity contribution in [2.45, 2.75) is 32.2 Å². The number of esters is 1. The van der Waals surface area contributed by atoms with E-state index in [0.29, 0.717) is 30.1 Å². The molecule has 3 rings (SSSR count). The Hall–Kier alpha value is -2.28. The fourth-order valence-corrected chi connectivity index (χ4v) is 2.42. The maximum absolute atomic E-state index is 11.0. The minimum atomic E-state index is -0.650. The first kappa shape index (κ1) is 13.7. The summed E-state index contributed by atoms with van der Waals surface area (Å²) in [5.41, 5.74) is 1.24. The van der Waals surface area contributed by atoms with Gasteiger partial charge in [-0.15, -0.1) is 0 Å². The van der Waals surface area contributed by atoms with Gasteiger partial charge in [0.05, 0.1) is 5.71 Å². The fourth-order valence-electron chi connectivity index (χ4n) is 2.42. The van der Waals surface area contributed by atoms with E-state index in [4.69, 9.17) is 24.2 Å². The van der Waals surface area contributed by atoms with Crippen LogP contribution in [0.5, 0.6) is 11.5 Å². The van der Waals surface area contributed by atoms with Gasteiger partial charge >= 0.3 is 5.97 Å². The molecular formula is C14H15NO6. The van der Waals surface area contributed by atoms with Crippen molar-refractivity contribution < 1.29 is 28.9 Å². The van der Waals surface area contributed by atoms with E-state index in [1.165, 1.54) is 6.92 Å². The van der Waals surface area contributed by atoms with Gasteiger partial charge in [-0.3, -0.25) is 4.79 Å². The van der Waals surface area contributed by atoms with Crippen molar-refractivity contribution in [3.8, 4) is 11.5 Å². The predicted molar refractivity (Wildman–Crippen MR) is 70.4 cm³/mol. The summed E-state index contributed by atoms with van der Waals surface area (Å²) in [6.07, 6.45) is -0.292. The predicted octanol–water partition coefficient (Wildman–Crippen LogP) is 1.99. The van der Waals surface area contributed by atoms with Gasteiger partial charge in [-0.1, -0.05) is 11.2 Å². The maximum Gasteiger partial charge on any atom is 0.304 e. The molecule has 2 unspecified atom stereocenters. The third-order valence-electron chi connectivity index (χ3n) is 3.35. The molecule has 2 aliphatic heterocycles. The number of benzene rings is 1. The molecule has 1 aromatic carbocycles. The van der Waals surface area contributed by atoms with Crippen LogP contribution in [0.2, 0.25) is 0 Å². The summed E-state index contributed by atoms with van der Waals surface area (Å²) in [7, 11) is 0. The Morgan fingerprint density at radius 1 is 1.38 bits per heavy atom. The summed E-state index contributed by atoms with van der Waals surface area (Å²) in [5, 5.41) is 12.4. The zero-order valence-electron chi connectivity index (χ0n) is 11.4. The Kier molecular flexibility index (Phi) is 3.66. The average Bonchev–Trinajstić information content (AvgIpc) is 2.94. The number of carbonyl (C=O) groups excluding carboxylic acids is 1. The molecule has 0 spiro atoms. The summed E-state index contributed by atoms with van der Waals surface area (Å²) < 4.78 is 21.4. The molecule has 0 saturated carbocycles. The Bertz CT molecular complexity index is 585. The van der Waals surface area contributed by atoms with Crippen molar-refractivity contribution in [2.75, 3.05) is 6.79 Å². The van der Waals surface area contributed by atoms with E-state index >= 15 is 0 Å². The maximum atomic E-state index is 11.0. The Morgan fingerprint density at radius 3 is 2.95 bits per heavy atom. The van der Waals surface area contributed by atoms with E-state index in [2.05, 4.69) is 5.16 Å². The molecule has 0 amide bonds. The monoisotopic (exact) mass is 293 g/mol. The minimum Gasteiger partial charge on any atom is -0.454 e. The molecule has 112 valence electrons. The first-order valence-corrected chi connectivity index (χ1v) is 6.60. The van der Waals surface area contributed by atoms with Crippen LogP contribution in [0, 0.1) is 0 Å². The van der Waals surface area contributed by atoms with Crippen molar-refractivity contribution >= 4 is 11.7 Å². The second-order valence-electron chi connectivity index (χ2n) is 4.80. The van der Waals surface area contributed by atoms with Gasteiger partial charge in [-0.05, 0) is 24.1 Å². The standard InChI is InChI=1S/C14H15NO6/c1-8(16)20-13-5-3-10(15-17)14(21-13)9-2-4-11-12(6-9)19-7-18-11/h2,4,6,13-14,17H,3,5,7H2,1H3/b15-10+. The number of fused-ring (bicyclic) bond motifs is 1. The highest BCUT2D eigenvalue weighted by atomic mass is 16.7. The van der Waals surface area contributed by atoms with Gasteiger partial charge in [0.15, 0.2) is 11.5 Å². The molecule has 2 heterocycles. The SMILES string of the molecule is CC(=O)OC1CC/C(=N\O)C(c2ccc3c(c2)OCO3)O1. The zero-order chi connectivity index (χ0) is 14.8. The van der Waals surface area contributed by atoms with Crippen LogP contribution in [-0.4, -0.2) is 30.0 Å². The van der Waals surface area contributed by atoms with Crippen molar-refractivity contribution in [2.24, 2.45) is 5.16 Å². The topological polar surface area (TPSA) is 86.6 Å². The van der Waals surface area contributed by atoms with E-state index in [1.807, 2.05) is 0 Å². The quantitative estimate of drug-likeness (QED) is 0.510. The summed E-state index contributed by atoms with van der Waals surface area (Å²) in [6, 6.07) is 5.35. The number of nitrogens with zero attached hydrogens (tertiary/aromatic N) is 1. The van der Waals surface area contributed by atoms with Crippen molar-refractivity contribution in [1.29, 1.82) is 0 Å². The third-order valence-corrected chi connectivity index (χ3v) is 3.35. The number of hydrogen-bond acceptors (Lipinski definition) is 7. The molecule has 1 N–H and O–H groups in total. The van der Waals surface area contributed by atoms with E-state index in [1.54, 1.807) is 18.2 Å². The molecule has 1 saturated heterocycles. The number of rotatable bonds is 2. The normalized spacial score (nSPS) is 25.9. The van der Waals surface area contributed by atoms with Gasteiger partial charge in [0, 0.05) is 13.3 Å². The van der Waals surface area contributed by atoms with Gasteiger partial charge in [0.25, 0.3) is 0 Å². The molecule has 21 heavy (non-hydrogen) atoms. The lowest BCUT2D eigenvalue weighted by molar-refractivity contribution is -0.187. The first-order chi connectivity index (χ1) is 10.2. The lowest BCUT2D eigenvalue weighted by Gasteiger charge is -2.30. The Morgan fingerprint density at radius 2 is 2.19 bits per heavy atom. The molecule has 7 nitrogen and oxygen atoms in total. The zero-order valence-corrected chi connectivity index (χ0v) is 11.4. The molecular weight excluding hydrogens is 278 g/mol. The van der Waals surface area contributed by atoms with Crippen LogP contribution in [0.15, 0.2) is 23.4 Å². The van der Waals surface area contributed by atoms with Crippen molar-refractivity contribution in [3.63, 3.8) is 0 Å². The van der Waals surface area contributed by atoms with E-state index < -0.39 is 18.4 Å². The Labute approximate surface area is 121 Å². The summed E-state index contributed by atoms with van der Waals surface area (Å²) in [4.78, 5) is 11.0. The van der Waals surface area contributed by atoms with Crippen LogP contribution >= 0.6 is 0 Å². The smallest absolute Gasteiger partial charge is 0.304 e. The summed E-state index contributed by atoms with van der Waals surface area (Å²) >= 11 is 0. The highest BCUT2D eigenvalue weighted by Gasteiger charge is 2.32. The Balaban J connectivity index is 1.84. The van der Waals surface area contributed by atoms with E-state index in [9.17, 15) is 4.79 Å². The molecule has 0 bridgehead atoms. The fraction of sp³-hybridized carbons (Fsp3) is 0.429. The van der Waals surface area contributed by atoms with E-state index in [0.717, 1.165) is 5.56 Å². The second-order valence-corrected chi connectivity index (χ2v) is 4.80. The van der Waals surface area contributed by atoms with Gasteiger partial charge in [0.2, 0.25) is 13.1 Å². The van der Waals surface area contributed by atoms with Crippen LogP contribution in [0.3, 0.4) is 0 Å². The van der Waals surface area contributed by atoms with Crippen LogP contribution in [-0.2, 0) is 14.3 Å². The van der Waals surface area contributed by atoms with Crippen LogP contribution < -0.4 is 9.47 Å². The average molecular weight is 293 g/mol. The highest BCUT2D eigenvalue weighted by Crippen LogP contribution is 2.37. The van der Waals surface area contributed by atoms with Gasteiger partial charge < -0.3 is 24.2 Å². The second kappa shape index (κ2) is 5.61. The van der Waals surface area contributed by atoms with Crippen LogP contribution in [0.4, 0.5) is 0 Å². The molecule has 2 aliphatic rings. The van der Waals surface area contributed by atoms with Crippen LogP contribution in [0.25, 0.3) is 0 Å². The van der Waals surface area contributed by atoms with E-state index in [-0.39, 0.29) is 6.79 Å². The molecule has 0 aromatic heterocycles. The number of carbonyl (C=O) groups is 1. The number of hydrogen-bond donors (Lipinski definition) is 1. The molecule has 7 heteroatoms. The van der Waals surface area contributed by atoms with Gasteiger partial charge in [-0.25, -0.2) is 0 Å². The first-order valence-electron chi connectivity index (χ1n) is 6.60. The third kappa shape index (κ3) is 2.78. The lowest BCUT2D eigenvalue weighted by atomic mass is 9.98. The van der Waals surface area contributed by atoms with Gasteiger partial charge in [0.1, 0.15) is 6.10 Å². The largest absolute Gasteiger partial charge is 0.454 e. The summed E-state index contributed by atoms with van der Waals surface area (Å²) in [5.74, 6) is 0.866. The molecule has 0 aliphatic carbocycles. The molecule has 1 aromatic rings. The number of oxime groups is 1. The molecule has 1 fully saturated rings. The van der Waals surface area contributed by atoms with Crippen LogP contribution in [0.1, 0.15) is 31.4 Å². The van der Waals surface area contributed by atoms with Crippen molar-refractivity contribution in [1.82, 2.24) is 0 Å². The molecule has 0 radical (unpaired) electrons. The molecule has 2 atom stereocenters. The summed E-state index contributed by atoms with van der Waals surface area (Å²) in [6.45, 7) is 1.51. The minimum absolute atomic E-state index is 0.182.